The lowest BCUT2D eigenvalue weighted by Gasteiger charge is -2.18. The zero-order valence-corrected chi connectivity index (χ0v) is 12.4. The van der Waals surface area contributed by atoms with Crippen molar-refractivity contribution in [2.24, 2.45) is 0 Å². The lowest BCUT2D eigenvalue weighted by atomic mass is 10.0. The van der Waals surface area contributed by atoms with E-state index in [1.54, 1.807) is 18.2 Å². The Balaban J connectivity index is 1.77. The Labute approximate surface area is 136 Å². The van der Waals surface area contributed by atoms with Gasteiger partial charge in [0.1, 0.15) is 13.2 Å². The van der Waals surface area contributed by atoms with Crippen molar-refractivity contribution in [2.45, 2.75) is 0 Å². The molecule has 0 spiro atoms. The number of hydrogen-bond donors (Lipinski definition) is 1. The number of benzene rings is 2. The number of nitrogens with zero attached hydrogens (tertiary/aromatic N) is 1. The molecule has 0 bridgehead atoms. The quantitative estimate of drug-likeness (QED) is 0.521. The van der Waals surface area contributed by atoms with Crippen LogP contribution < -0.4 is 14.8 Å². The van der Waals surface area contributed by atoms with Crippen LogP contribution in [0.1, 0.15) is 11.1 Å². The standard InChI is InChI=1S/C17H12N2O5/c20-17-13(12-9-11(19(21)22)2-3-14(12)18-17)7-10-1-4-15-16(8-10)24-6-5-23-15/h1-4,7-9H,5-6H2,(H,18,20). The second-order valence-corrected chi connectivity index (χ2v) is 5.40. The van der Waals surface area contributed by atoms with E-state index >= 15 is 0 Å². The van der Waals surface area contributed by atoms with Crippen molar-refractivity contribution in [1.82, 2.24) is 0 Å². The van der Waals surface area contributed by atoms with Gasteiger partial charge >= 0.3 is 0 Å². The Bertz CT molecular complexity index is 904. The minimum absolute atomic E-state index is 0.0571. The minimum atomic E-state index is -0.481. The number of carbonyl (C=O) groups is 1. The van der Waals surface area contributed by atoms with Crippen LogP contribution in [0.15, 0.2) is 36.4 Å². The maximum atomic E-state index is 12.2. The average Bonchev–Trinajstić information content (AvgIpc) is 2.89. The van der Waals surface area contributed by atoms with Crippen molar-refractivity contribution in [2.75, 3.05) is 18.5 Å². The van der Waals surface area contributed by atoms with Crippen molar-refractivity contribution in [3.8, 4) is 11.5 Å². The van der Waals surface area contributed by atoms with Gasteiger partial charge in [-0.05, 0) is 29.8 Å². The smallest absolute Gasteiger partial charge is 0.270 e. The van der Waals surface area contributed by atoms with Crippen molar-refractivity contribution in [1.29, 1.82) is 0 Å². The third-order valence-electron chi connectivity index (χ3n) is 3.87. The fourth-order valence-corrected chi connectivity index (χ4v) is 2.75. The van der Waals surface area contributed by atoms with E-state index in [0.29, 0.717) is 41.5 Å². The number of nitro benzene ring substituents is 1. The molecule has 120 valence electrons. The van der Waals surface area contributed by atoms with Gasteiger partial charge in [0.15, 0.2) is 11.5 Å². The summed E-state index contributed by atoms with van der Waals surface area (Å²) in [7, 11) is 0. The van der Waals surface area contributed by atoms with Gasteiger partial charge in [0.05, 0.1) is 4.92 Å². The van der Waals surface area contributed by atoms with Gasteiger partial charge in [-0.2, -0.15) is 0 Å². The molecule has 2 aromatic carbocycles. The summed E-state index contributed by atoms with van der Waals surface area (Å²) in [6.45, 7) is 0.982. The topological polar surface area (TPSA) is 90.7 Å². The summed E-state index contributed by atoms with van der Waals surface area (Å²) >= 11 is 0. The van der Waals surface area contributed by atoms with E-state index in [2.05, 4.69) is 5.32 Å². The third kappa shape index (κ3) is 2.36. The maximum absolute atomic E-state index is 12.2. The number of fused-ring (bicyclic) bond motifs is 2. The first kappa shape index (κ1) is 14.3. The monoisotopic (exact) mass is 324 g/mol. The van der Waals surface area contributed by atoms with E-state index in [1.165, 1.54) is 18.2 Å². The van der Waals surface area contributed by atoms with Crippen molar-refractivity contribution in [3.63, 3.8) is 0 Å². The van der Waals surface area contributed by atoms with Crippen LogP contribution in [-0.4, -0.2) is 24.0 Å². The Hall–Kier alpha value is -3.35. The van der Waals surface area contributed by atoms with Gasteiger partial charge < -0.3 is 14.8 Å². The first-order valence-corrected chi connectivity index (χ1v) is 7.33. The predicted molar refractivity (Wildman–Crippen MR) is 87.0 cm³/mol. The molecule has 2 aromatic rings. The van der Waals surface area contributed by atoms with Crippen LogP contribution in [0.3, 0.4) is 0 Å². The Morgan fingerprint density at radius 2 is 1.88 bits per heavy atom. The molecule has 0 aromatic heterocycles. The second-order valence-electron chi connectivity index (χ2n) is 5.40. The lowest BCUT2D eigenvalue weighted by Crippen LogP contribution is -2.15. The number of carbonyl (C=O) groups excluding carboxylic acids is 1. The highest BCUT2D eigenvalue weighted by Gasteiger charge is 2.26. The number of rotatable bonds is 2. The number of anilines is 1. The lowest BCUT2D eigenvalue weighted by molar-refractivity contribution is -0.384. The number of nitro groups is 1. The van der Waals surface area contributed by atoms with Gasteiger partial charge in [-0.25, -0.2) is 0 Å². The molecule has 0 unspecified atom stereocenters. The molecule has 4 rings (SSSR count). The van der Waals surface area contributed by atoms with Crippen LogP contribution in [-0.2, 0) is 4.79 Å². The number of ether oxygens (including phenoxy) is 2. The molecule has 0 atom stereocenters. The van der Waals surface area contributed by atoms with Crippen molar-refractivity contribution >= 4 is 28.9 Å². The molecule has 7 nitrogen and oxygen atoms in total. The van der Waals surface area contributed by atoms with E-state index in [-0.39, 0.29) is 11.6 Å². The van der Waals surface area contributed by atoms with Crippen LogP contribution >= 0.6 is 0 Å². The zero-order valence-electron chi connectivity index (χ0n) is 12.4. The molecule has 2 aliphatic rings. The van der Waals surface area contributed by atoms with E-state index in [9.17, 15) is 14.9 Å². The molecule has 7 heteroatoms. The fraction of sp³-hybridized carbons (Fsp3) is 0.118. The van der Waals surface area contributed by atoms with Gasteiger partial charge in [-0.15, -0.1) is 0 Å². The summed E-state index contributed by atoms with van der Waals surface area (Å²) in [5, 5.41) is 13.7. The fourth-order valence-electron chi connectivity index (χ4n) is 2.75. The first-order chi connectivity index (χ1) is 11.6. The second kappa shape index (κ2) is 5.38. The normalized spacial score (nSPS) is 16.7. The molecule has 2 heterocycles. The Morgan fingerprint density at radius 3 is 2.67 bits per heavy atom. The number of nitrogens with one attached hydrogen (secondary N) is 1. The summed E-state index contributed by atoms with van der Waals surface area (Å²) < 4.78 is 11.0. The molecule has 1 N–H and O–H groups in total. The van der Waals surface area contributed by atoms with E-state index in [0.717, 1.165) is 5.56 Å². The summed E-state index contributed by atoms with van der Waals surface area (Å²) in [5.74, 6) is 0.990. The van der Waals surface area contributed by atoms with Gasteiger partial charge in [-0.1, -0.05) is 6.07 Å². The van der Waals surface area contributed by atoms with Gasteiger partial charge in [0.2, 0.25) is 0 Å². The van der Waals surface area contributed by atoms with Gasteiger partial charge in [-0.3, -0.25) is 14.9 Å². The molecule has 0 fully saturated rings. The molecule has 0 saturated carbocycles. The van der Waals surface area contributed by atoms with Crippen LogP contribution in [0.5, 0.6) is 11.5 Å². The summed E-state index contributed by atoms with van der Waals surface area (Å²) in [4.78, 5) is 22.7. The molecule has 1 amide bonds. The number of non-ortho nitro benzene ring substituents is 1. The average molecular weight is 324 g/mol. The van der Waals surface area contributed by atoms with Crippen molar-refractivity contribution < 1.29 is 19.2 Å². The summed E-state index contributed by atoms with van der Waals surface area (Å²) in [6.07, 6.45) is 1.68. The van der Waals surface area contributed by atoms with E-state index in [1.807, 2.05) is 6.07 Å². The van der Waals surface area contributed by atoms with Gasteiger partial charge in [0.25, 0.3) is 11.6 Å². The van der Waals surface area contributed by atoms with Crippen molar-refractivity contribution in [3.05, 3.63) is 57.6 Å². The molecule has 24 heavy (non-hydrogen) atoms. The SMILES string of the molecule is O=C1Nc2ccc([N+](=O)[O-])cc2C1=Cc1ccc2c(c1)OCCO2. The maximum Gasteiger partial charge on any atom is 0.270 e. The first-order valence-electron chi connectivity index (χ1n) is 7.33. The molecule has 0 radical (unpaired) electrons. The minimum Gasteiger partial charge on any atom is -0.486 e. The summed E-state index contributed by atoms with van der Waals surface area (Å²) in [6, 6.07) is 9.68. The third-order valence-corrected chi connectivity index (χ3v) is 3.87. The van der Waals surface area contributed by atoms with Gasteiger partial charge in [0, 0.05) is 29.0 Å². The van der Waals surface area contributed by atoms with Crippen LogP contribution in [0.25, 0.3) is 11.6 Å². The van der Waals surface area contributed by atoms with Crippen LogP contribution in [0, 0.1) is 10.1 Å². The highest BCUT2D eigenvalue weighted by molar-refractivity contribution is 6.35. The van der Waals surface area contributed by atoms with Crippen LogP contribution in [0.4, 0.5) is 11.4 Å². The number of hydrogen-bond acceptors (Lipinski definition) is 5. The zero-order chi connectivity index (χ0) is 16.7. The number of amides is 1. The van der Waals surface area contributed by atoms with E-state index in [4.69, 9.17) is 9.47 Å². The van der Waals surface area contributed by atoms with E-state index < -0.39 is 4.92 Å². The Morgan fingerprint density at radius 1 is 1.08 bits per heavy atom. The molecular weight excluding hydrogens is 312 g/mol. The summed E-state index contributed by atoms with van der Waals surface area (Å²) in [5.41, 5.74) is 2.16. The molecule has 0 saturated heterocycles. The highest BCUT2D eigenvalue weighted by atomic mass is 16.6. The molecular formula is C17H12N2O5. The molecule has 0 aliphatic carbocycles. The predicted octanol–water partition coefficient (Wildman–Crippen LogP) is 2.86. The Kier molecular flexibility index (Phi) is 3.19. The largest absolute Gasteiger partial charge is 0.486 e. The highest BCUT2D eigenvalue weighted by Crippen LogP contribution is 2.37. The van der Waals surface area contributed by atoms with Crippen LogP contribution in [0.2, 0.25) is 0 Å². The molecule has 2 aliphatic heterocycles.